The monoisotopic (exact) mass is 1500 g/mol. The van der Waals surface area contributed by atoms with Crippen molar-refractivity contribution >= 4 is 78.0 Å². The molecule has 0 fully saturated rings. The normalized spacial score (nSPS) is 15.1. The van der Waals surface area contributed by atoms with Crippen molar-refractivity contribution in [2.45, 2.75) is 35.5 Å². The molecule has 0 saturated heterocycles. The Morgan fingerprint density at radius 3 is 1.02 bits per heavy atom. The zero-order chi connectivity index (χ0) is 78.0. The van der Waals surface area contributed by atoms with Gasteiger partial charge in [-0.05, 0) is 201 Å². The Morgan fingerprint density at radius 1 is 0.203 bits per heavy atom. The minimum Gasteiger partial charge on any atom is -0.456 e. The molecule has 0 amide bonds. The van der Waals surface area contributed by atoms with E-state index < -0.39 is 21.7 Å². The maximum Gasteiger partial charge on any atom is 0.135 e. The van der Waals surface area contributed by atoms with Gasteiger partial charge in [0.05, 0.1) is 39.0 Å². The van der Waals surface area contributed by atoms with Gasteiger partial charge in [0.1, 0.15) is 22.3 Å². The largest absolute Gasteiger partial charge is 0.456 e. The summed E-state index contributed by atoms with van der Waals surface area (Å²) in [5.41, 5.74) is 35.6. The van der Waals surface area contributed by atoms with Gasteiger partial charge in [0.15, 0.2) is 0 Å². The Morgan fingerprint density at radius 2 is 0.542 bits per heavy atom. The maximum absolute atomic E-state index is 7.27. The highest BCUT2D eigenvalue weighted by atomic mass is 16.3. The van der Waals surface area contributed by atoms with Crippen LogP contribution in [-0.2, 0) is 21.7 Å². The number of furan rings is 2. The van der Waals surface area contributed by atoms with Gasteiger partial charge in [-0.3, -0.25) is 0 Å². The number of benzene rings is 18. The van der Waals surface area contributed by atoms with Gasteiger partial charge in [-0.1, -0.05) is 360 Å². The van der Waals surface area contributed by atoms with Crippen LogP contribution in [0.25, 0.3) is 99.5 Å². The van der Waals surface area contributed by atoms with E-state index in [9.17, 15) is 0 Å². The molecule has 0 N–H and O–H groups in total. The van der Waals surface area contributed by atoms with E-state index in [1.807, 2.05) is 0 Å². The van der Waals surface area contributed by atoms with E-state index in [4.69, 9.17) is 8.83 Å². The van der Waals surface area contributed by atoms with E-state index in [0.717, 1.165) is 100 Å². The van der Waals surface area contributed by atoms with Gasteiger partial charge < -0.3 is 18.6 Å². The van der Waals surface area contributed by atoms with E-state index in [2.05, 4.69) is 448 Å². The Kier molecular flexibility index (Phi) is 14.8. The Bertz CT molecular complexity index is 7380. The molecule has 0 spiro atoms. The molecule has 1 unspecified atom stereocenters. The number of nitrogens with zero attached hydrogens (tertiary/aromatic N) is 2. The highest BCUT2D eigenvalue weighted by Crippen LogP contribution is 2.67. The molecule has 4 aliphatic carbocycles. The smallest absolute Gasteiger partial charge is 0.135 e. The molecule has 24 rings (SSSR count). The standard InChI is InChI=1S/C114H76N2O2/c1-111(2)95-60-34-62-101(116(79-46-19-8-20-47-79)102-69-89-85-51-25-31-64-104(85)117-106(89)71-98(102)113(76-40-13-5-14-41-76)91-56-27-21-48-81(91)82-49-22-28-57-92(82)113)109(95)88-55-33-54-80(110(88)111)73-66-67-84-83-50-23-29-58-93(83)114(97(84)68-73,77-42-15-6-16-43-77)99-72-107-90(86-52-26-32-65-105(86)118-107)70-103(99)115(78-44-17-7-18-45-78)100-63-35-61-96-108(100)87-53-24-30-59-94(87)112(96,74-36-9-3-10-37-74)75-38-11-4-12-39-75/h3-72H,1-2H3. The first kappa shape index (κ1) is 67.6. The Balaban J connectivity index is 0.757. The second-order valence-electron chi connectivity index (χ2n) is 32.7. The fourth-order valence-corrected chi connectivity index (χ4v) is 22.0. The van der Waals surface area contributed by atoms with Gasteiger partial charge in [0.25, 0.3) is 0 Å². The number of rotatable bonds is 13. The summed E-state index contributed by atoms with van der Waals surface area (Å²) in [5.74, 6) is 0. The molecular formula is C114H76N2O2. The van der Waals surface area contributed by atoms with Crippen LogP contribution in [-0.4, -0.2) is 0 Å². The van der Waals surface area contributed by atoms with Gasteiger partial charge in [-0.25, -0.2) is 0 Å². The van der Waals surface area contributed by atoms with Crippen LogP contribution >= 0.6 is 0 Å². The Hall–Kier alpha value is -14.8. The van der Waals surface area contributed by atoms with Crippen molar-refractivity contribution in [3.63, 3.8) is 0 Å². The van der Waals surface area contributed by atoms with Crippen LogP contribution < -0.4 is 9.80 Å². The minimum atomic E-state index is -0.969. The molecule has 0 bridgehead atoms. The molecule has 18 aromatic carbocycles. The SMILES string of the molecule is CC1(C)c2cccc(N(c3ccccc3)c3cc4c(cc3C3(c5ccccc5)c5ccccc5-c5ccccc53)oc3ccccc34)c2-c2cccc(-c3ccc4c(c3)C(c3ccccc3)(c3cc5oc6ccccc6c5cc3N(c3ccccc3)c3cccc5c3-c3ccccc3C5(c3ccccc3)c3ccccc3)c3ccccc3-4)c21. The lowest BCUT2D eigenvalue weighted by atomic mass is 9.66. The first-order valence-electron chi connectivity index (χ1n) is 41.1. The van der Waals surface area contributed by atoms with Crippen molar-refractivity contribution in [1.29, 1.82) is 0 Å². The van der Waals surface area contributed by atoms with Crippen LogP contribution in [0.1, 0.15) is 91.7 Å². The van der Waals surface area contributed by atoms with Crippen molar-refractivity contribution in [3.05, 3.63) is 503 Å². The van der Waals surface area contributed by atoms with Crippen molar-refractivity contribution in [1.82, 2.24) is 0 Å². The van der Waals surface area contributed by atoms with E-state index in [-0.39, 0.29) is 0 Å². The molecule has 20 aromatic rings. The third-order valence-corrected chi connectivity index (χ3v) is 26.6. The molecular weight excluding hydrogens is 1430 g/mol. The van der Waals surface area contributed by atoms with Crippen molar-refractivity contribution in [2.24, 2.45) is 0 Å². The first-order valence-corrected chi connectivity index (χ1v) is 41.1. The van der Waals surface area contributed by atoms with Crippen molar-refractivity contribution in [2.75, 3.05) is 9.80 Å². The summed E-state index contributed by atoms with van der Waals surface area (Å²) in [6.45, 7) is 4.91. The van der Waals surface area contributed by atoms with Crippen LogP contribution in [0, 0.1) is 0 Å². The Labute approximate surface area is 685 Å². The summed E-state index contributed by atoms with van der Waals surface area (Å²) in [6, 6.07) is 159. The summed E-state index contributed by atoms with van der Waals surface area (Å²) in [4.78, 5) is 5.18. The third-order valence-electron chi connectivity index (χ3n) is 26.6. The van der Waals surface area contributed by atoms with E-state index in [1.54, 1.807) is 0 Å². The zero-order valence-corrected chi connectivity index (χ0v) is 65.1. The molecule has 118 heavy (non-hydrogen) atoms. The summed E-state index contributed by atoms with van der Waals surface area (Å²) in [6.07, 6.45) is 0. The fourth-order valence-electron chi connectivity index (χ4n) is 22.0. The predicted molar refractivity (Wildman–Crippen MR) is 485 cm³/mol. The lowest BCUT2D eigenvalue weighted by molar-refractivity contribution is 0.662. The maximum atomic E-state index is 7.27. The molecule has 2 heterocycles. The second kappa shape index (κ2) is 25.8. The van der Waals surface area contributed by atoms with E-state index in [1.165, 1.54) is 111 Å². The van der Waals surface area contributed by atoms with Gasteiger partial charge in [-0.2, -0.15) is 0 Å². The summed E-state index contributed by atoms with van der Waals surface area (Å²) >= 11 is 0. The van der Waals surface area contributed by atoms with Gasteiger partial charge in [0, 0.05) is 49.5 Å². The summed E-state index contributed by atoms with van der Waals surface area (Å²) in [7, 11) is 0. The minimum absolute atomic E-state index is 0.511. The molecule has 2 aromatic heterocycles. The van der Waals surface area contributed by atoms with Crippen LogP contribution in [0.15, 0.2) is 433 Å². The quantitative estimate of drug-likeness (QED) is 0.115. The predicted octanol–water partition coefficient (Wildman–Crippen LogP) is 29.5. The molecule has 0 saturated carbocycles. The van der Waals surface area contributed by atoms with Gasteiger partial charge in [-0.15, -0.1) is 0 Å². The lowest BCUT2D eigenvalue weighted by Gasteiger charge is -2.39. The molecule has 4 heteroatoms. The lowest BCUT2D eigenvalue weighted by Crippen LogP contribution is -2.31. The number of hydrogen-bond acceptors (Lipinski definition) is 4. The van der Waals surface area contributed by atoms with Crippen LogP contribution in [0.4, 0.5) is 34.1 Å². The van der Waals surface area contributed by atoms with Crippen LogP contribution in [0.5, 0.6) is 0 Å². The van der Waals surface area contributed by atoms with Crippen molar-refractivity contribution < 1.29 is 8.83 Å². The molecule has 554 valence electrons. The molecule has 0 aliphatic heterocycles. The molecule has 4 aliphatic rings. The average molecular weight is 1510 g/mol. The summed E-state index contributed by atoms with van der Waals surface area (Å²) in [5, 5.41) is 4.23. The number of hydrogen-bond donors (Lipinski definition) is 0. The highest BCUT2D eigenvalue weighted by Gasteiger charge is 2.53. The molecule has 1 atom stereocenters. The number of anilines is 6. The molecule has 4 nitrogen and oxygen atoms in total. The fraction of sp³-hybridized carbons (Fsp3) is 0.0526. The topological polar surface area (TPSA) is 32.8 Å². The zero-order valence-electron chi connectivity index (χ0n) is 65.1. The average Bonchev–Trinajstić information content (AvgIpc) is 1.52. The van der Waals surface area contributed by atoms with Gasteiger partial charge in [0.2, 0.25) is 0 Å². The highest BCUT2D eigenvalue weighted by molar-refractivity contribution is 6.12. The third kappa shape index (κ3) is 9.31. The van der Waals surface area contributed by atoms with E-state index >= 15 is 0 Å². The number of fused-ring (bicyclic) bond motifs is 18. The molecule has 0 radical (unpaired) electrons. The van der Waals surface area contributed by atoms with Crippen LogP contribution in [0.3, 0.4) is 0 Å². The van der Waals surface area contributed by atoms with Crippen LogP contribution in [0.2, 0.25) is 0 Å². The number of para-hydroxylation sites is 4. The summed E-state index contributed by atoms with van der Waals surface area (Å²) < 4.78 is 14.4. The van der Waals surface area contributed by atoms with E-state index in [0.29, 0.717) is 0 Å². The first-order chi connectivity index (χ1) is 58.3. The van der Waals surface area contributed by atoms with Gasteiger partial charge >= 0.3 is 0 Å². The van der Waals surface area contributed by atoms with Crippen molar-refractivity contribution in [3.8, 4) is 55.6 Å². The second-order valence-corrected chi connectivity index (χ2v) is 32.7.